The lowest BCUT2D eigenvalue weighted by Crippen LogP contribution is -2.20. The number of fused-ring (bicyclic) bond motifs is 10. The summed E-state index contributed by atoms with van der Waals surface area (Å²) >= 11 is 1.55. The second kappa shape index (κ2) is 6.26. The lowest BCUT2D eigenvalue weighted by molar-refractivity contribution is 0.0879. The van der Waals surface area contributed by atoms with Gasteiger partial charge < -0.3 is 9.40 Å². The van der Waals surface area contributed by atoms with Gasteiger partial charge in [0.05, 0.1) is 38.5 Å². The topological polar surface area (TPSA) is 105 Å². The minimum absolute atomic E-state index is 0. The first kappa shape index (κ1) is 18.5. The van der Waals surface area contributed by atoms with Crippen LogP contribution in [0, 0.1) is 6.92 Å². The van der Waals surface area contributed by atoms with Crippen LogP contribution in [0.3, 0.4) is 0 Å². The van der Waals surface area contributed by atoms with E-state index in [0.717, 1.165) is 49.5 Å². The minimum Gasteiger partial charge on any atom is -0.461 e. The molecule has 7 rings (SSSR count). The first-order valence-electron chi connectivity index (χ1n) is 10.6. The number of H-pyrrole nitrogens is 1. The third-order valence-electron chi connectivity index (χ3n) is 6.48. The molecule has 5 aromatic rings. The quantitative estimate of drug-likeness (QED) is 0.294. The van der Waals surface area contributed by atoms with Gasteiger partial charge in [0.25, 0.3) is 11.8 Å². The third-order valence-corrected chi connectivity index (χ3v) is 7.51. The molecule has 2 amide bonds. The Balaban J connectivity index is 0.00000217. The molecule has 0 unspecified atom stereocenters. The van der Waals surface area contributed by atoms with Crippen molar-refractivity contribution in [2.24, 2.45) is 0 Å². The summed E-state index contributed by atoms with van der Waals surface area (Å²) in [6.45, 7) is 1.95. The van der Waals surface area contributed by atoms with E-state index in [1.165, 1.54) is 6.26 Å². The number of rotatable bonds is 2. The summed E-state index contributed by atoms with van der Waals surface area (Å²) in [6, 6.07) is 8.64. The lowest BCUT2D eigenvalue weighted by atomic mass is 9.85. The molecule has 1 aliphatic carbocycles. The van der Waals surface area contributed by atoms with E-state index in [2.05, 4.69) is 15.3 Å². The van der Waals surface area contributed by atoms with E-state index < -0.39 is 5.91 Å². The Morgan fingerprint density at radius 1 is 1.12 bits per heavy atom. The fraction of sp³-hybridized carbons (Fsp3) is 0.120. The smallest absolute Gasteiger partial charge is 0.259 e. The van der Waals surface area contributed by atoms with E-state index in [9.17, 15) is 14.4 Å². The van der Waals surface area contributed by atoms with Crippen molar-refractivity contribution in [3.63, 3.8) is 0 Å². The van der Waals surface area contributed by atoms with Crippen LogP contribution in [0.4, 0.5) is 0 Å². The van der Waals surface area contributed by atoms with Gasteiger partial charge in [0.1, 0.15) is 0 Å². The monoisotopic (exact) mass is 455 g/mol. The van der Waals surface area contributed by atoms with Gasteiger partial charge in [0.2, 0.25) is 5.78 Å². The molecule has 0 atom stereocenters. The summed E-state index contributed by atoms with van der Waals surface area (Å²) in [6.07, 6.45) is 2.94. The predicted molar refractivity (Wildman–Crippen MR) is 125 cm³/mol. The zero-order valence-electron chi connectivity index (χ0n) is 17.4. The van der Waals surface area contributed by atoms with Crippen molar-refractivity contribution in [3.05, 3.63) is 75.3 Å². The Kier molecular flexibility index (Phi) is 3.52. The number of benzene rings is 2. The van der Waals surface area contributed by atoms with Crippen LogP contribution in [0.5, 0.6) is 0 Å². The van der Waals surface area contributed by atoms with Gasteiger partial charge in [-0.3, -0.25) is 19.7 Å². The largest absolute Gasteiger partial charge is 0.461 e. The molecule has 0 spiro atoms. The average Bonchev–Trinajstić information content (AvgIpc) is 3.57. The number of carbonyl (C=O) groups excluding carboxylic acids is 3. The van der Waals surface area contributed by atoms with E-state index >= 15 is 0 Å². The van der Waals surface area contributed by atoms with Gasteiger partial charge >= 0.3 is 0 Å². The number of imide groups is 1. The molecule has 0 radical (unpaired) electrons. The van der Waals surface area contributed by atoms with Crippen LogP contribution in [-0.2, 0) is 12.8 Å². The third kappa shape index (κ3) is 2.38. The molecule has 0 saturated heterocycles. The first-order chi connectivity index (χ1) is 16.0. The van der Waals surface area contributed by atoms with Gasteiger partial charge in [-0.1, -0.05) is 0 Å². The standard InChI is InChI=1S/C25H15N3O4S.H2/c1-10-26-15-7-5-12-18(23(15)33-10)20-19(24(30)28-25(20)31)17-13-9-11(4-6-14(13)27-21(12)17)22(29)16-3-2-8-32-16;/h2-4,6,8-9,27H,5,7H2,1H3,(H,28,30,31);1H. The molecular weight excluding hydrogens is 438 g/mol. The second-order valence-corrected chi connectivity index (χ2v) is 9.54. The molecule has 4 heterocycles. The number of ketones is 1. The lowest BCUT2D eigenvalue weighted by Gasteiger charge is -2.19. The Bertz CT molecular complexity index is 1710. The predicted octanol–water partition coefficient (Wildman–Crippen LogP) is 4.81. The fourth-order valence-corrected chi connectivity index (χ4v) is 6.20. The number of aryl methyl sites for hydroxylation is 3. The van der Waals surface area contributed by atoms with E-state index in [0.29, 0.717) is 28.5 Å². The average molecular weight is 455 g/mol. The van der Waals surface area contributed by atoms with E-state index in [1.54, 1.807) is 35.6 Å². The maximum Gasteiger partial charge on any atom is 0.259 e. The fourth-order valence-electron chi connectivity index (χ4n) is 5.16. The van der Waals surface area contributed by atoms with Gasteiger partial charge in [-0.15, -0.1) is 11.3 Å². The zero-order valence-corrected chi connectivity index (χ0v) is 18.2. The highest BCUT2D eigenvalue weighted by molar-refractivity contribution is 7.15. The minimum atomic E-state index is -0.417. The number of furan rings is 1. The number of thiazole rings is 1. The van der Waals surface area contributed by atoms with Crippen molar-refractivity contribution in [2.45, 2.75) is 19.8 Å². The van der Waals surface area contributed by atoms with Crippen LogP contribution >= 0.6 is 11.3 Å². The molecule has 0 saturated carbocycles. The molecular formula is C25H17N3O4S. The second-order valence-electron chi connectivity index (χ2n) is 8.34. The van der Waals surface area contributed by atoms with Crippen LogP contribution in [-0.4, -0.2) is 27.6 Å². The van der Waals surface area contributed by atoms with E-state index in [1.807, 2.05) is 13.0 Å². The Labute approximate surface area is 191 Å². The highest BCUT2D eigenvalue weighted by atomic mass is 32.1. The summed E-state index contributed by atoms with van der Waals surface area (Å²) in [5, 5.41) is 4.84. The van der Waals surface area contributed by atoms with Crippen molar-refractivity contribution >= 4 is 50.7 Å². The summed E-state index contributed by atoms with van der Waals surface area (Å²) < 4.78 is 5.27. The Morgan fingerprint density at radius 3 is 2.79 bits per heavy atom. The zero-order chi connectivity index (χ0) is 22.4. The molecule has 162 valence electrons. The van der Waals surface area contributed by atoms with Crippen molar-refractivity contribution < 1.29 is 20.2 Å². The molecule has 0 fully saturated rings. The maximum atomic E-state index is 13.0. The molecule has 8 heteroatoms. The van der Waals surface area contributed by atoms with Crippen molar-refractivity contribution in [3.8, 4) is 10.4 Å². The highest BCUT2D eigenvalue weighted by Crippen LogP contribution is 2.47. The van der Waals surface area contributed by atoms with Crippen LogP contribution < -0.4 is 5.32 Å². The van der Waals surface area contributed by atoms with Crippen molar-refractivity contribution in [1.29, 1.82) is 0 Å². The number of aromatic nitrogens is 2. The number of carbonyl (C=O) groups is 3. The van der Waals surface area contributed by atoms with Gasteiger partial charge in [0.15, 0.2) is 5.76 Å². The SMILES string of the molecule is Cc1nc2c(s1)-c1c3c(c4c([nH]c5ccc(C(=O)c6ccco6)cc54)c1CC2)C(=O)NC3=O.[HH]. The van der Waals surface area contributed by atoms with Crippen LogP contribution in [0.2, 0.25) is 0 Å². The van der Waals surface area contributed by atoms with Crippen LogP contribution in [0.1, 0.15) is 54.5 Å². The Hall–Kier alpha value is -4.04. The molecule has 2 aliphatic rings. The summed E-state index contributed by atoms with van der Waals surface area (Å²) in [7, 11) is 0. The van der Waals surface area contributed by atoms with E-state index in [-0.39, 0.29) is 18.9 Å². The number of aromatic amines is 1. The van der Waals surface area contributed by atoms with Gasteiger partial charge in [-0.25, -0.2) is 4.98 Å². The molecule has 1 aliphatic heterocycles. The molecule has 33 heavy (non-hydrogen) atoms. The molecule has 3 aromatic heterocycles. The van der Waals surface area contributed by atoms with Crippen molar-refractivity contribution in [1.82, 2.24) is 15.3 Å². The van der Waals surface area contributed by atoms with Crippen LogP contribution in [0.25, 0.3) is 32.2 Å². The molecule has 2 N–H and O–H groups in total. The molecule has 0 bridgehead atoms. The molecule has 7 nitrogen and oxygen atoms in total. The number of amides is 2. The van der Waals surface area contributed by atoms with Gasteiger partial charge in [-0.05, 0) is 55.7 Å². The van der Waals surface area contributed by atoms with E-state index in [4.69, 9.17) is 4.42 Å². The number of hydrogen-bond acceptors (Lipinski definition) is 6. The summed E-state index contributed by atoms with van der Waals surface area (Å²) in [5.41, 5.74) is 5.66. The molecule has 2 aromatic carbocycles. The Morgan fingerprint density at radius 2 is 1.97 bits per heavy atom. The highest BCUT2D eigenvalue weighted by Gasteiger charge is 2.38. The summed E-state index contributed by atoms with van der Waals surface area (Å²) in [4.78, 5) is 47.9. The normalized spacial score (nSPS) is 14.5. The maximum absolute atomic E-state index is 13.0. The number of nitrogens with one attached hydrogen (secondary N) is 2. The van der Waals surface area contributed by atoms with Gasteiger partial charge in [0, 0.05) is 28.8 Å². The van der Waals surface area contributed by atoms with Gasteiger partial charge in [-0.2, -0.15) is 0 Å². The summed E-state index contributed by atoms with van der Waals surface area (Å²) in [5.74, 6) is -0.794. The first-order valence-corrected chi connectivity index (χ1v) is 11.4. The van der Waals surface area contributed by atoms with Crippen LogP contribution in [0.15, 0.2) is 41.0 Å². The number of nitrogens with zero attached hydrogens (tertiary/aromatic N) is 1. The number of hydrogen-bond donors (Lipinski definition) is 2. The van der Waals surface area contributed by atoms with Crippen molar-refractivity contribution in [2.75, 3.05) is 0 Å².